The fourth-order valence-electron chi connectivity index (χ4n) is 3.81. The van der Waals surface area contributed by atoms with Crippen LogP contribution in [0.2, 0.25) is 0 Å². The predicted octanol–water partition coefficient (Wildman–Crippen LogP) is 3.81. The lowest BCUT2D eigenvalue weighted by atomic mass is 9.92. The molecule has 124 valence electrons. The van der Waals surface area contributed by atoms with Gasteiger partial charge in [-0.3, -0.25) is 4.98 Å². The number of methoxy groups -OCH3 is 1. The van der Waals surface area contributed by atoms with E-state index in [9.17, 15) is 0 Å². The van der Waals surface area contributed by atoms with E-state index in [1.54, 1.807) is 6.20 Å². The lowest BCUT2D eigenvalue weighted by Gasteiger charge is -2.30. The molecule has 0 unspecified atom stereocenters. The Hall–Kier alpha value is -2.40. The van der Waals surface area contributed by atoms with E-state index in [4.69, 9.17) is 10.5 Å². The van der Waals surface area contributed by atoms with Gasteiger partial charge in [0.15, 0.2) is 0 Å². The maximum absolute atomic E-state index is 5.96. The van der Waals surface area contributed by atoms with E-state index in [-0.39, 0.29) is 0 Å². The largest absolute Gasteiger partial charge is 0.384 e. The number of hydrogen-bond acceptors (Lipinski definition) is 4. The summed E-state index contributed by atoms with van der Waals surface area (Å²) in [5.74, 6) is 0.560. The van der Waals surface area contributed by atoms with Crippen LogP contribution < -0.4 is 5.73 Å². The van der Waals surface area contributed by atoms with E-state index in [2.05, 4.69) is 26.7 Å². The molecule has 0 aromatic carbocycles. The number of pyridine rings is 2. The summed E-state index contributed by atoms with van der Waals surface area (Å²) >= 11 is 0. The number of ether oxygens (including phenoxy) is 1. The van der Waals surface area contributed by atoms with Crippen LogP contribution in [0.5, 0.6) is 0 Å². The standard InChI is InChI=1S/C19H22N4O/c1-24-16-6-4-15(5-7-16)23-17(13-3-2-8-21-11-13)9-14-12-22-19(20)10-18(14)23/h2-3,8-12,15-16H,4-7H2,1H3,(H2,20,22). The van der Waals surface area contributed by atoms with Crippen molar-refractivity contribution in [3.05, 3.63) is 42.9 Å². The highest BCUT2D eigenvalue weighted by Gasteiger charge is 2.25. The van der Waals surface area contributed by atoms with Crippen molar-refractivity contribution in [2.75, 3.05) is 12.8 Å². The molecule has 2 N–H and O–H groups in total. The van der Waals surface area contributed by atoms with Gasteiger partial charge in [0.05, 0.1) is 17.3 Å². The summed E-state index contributed by atoms with van der Waals surface area (Å²) in [5, 5.41) is 1.12. The fourth-order valence-corrected chi connectivity index (χ4v) is 3.81. The van der Waals surface area contributed by atoms with Crippen LogP contribution in [0.25, 0.3) is 22.2 Å². The molecular formula is C19H22N4O. The van der Waals surface area contributed by atoms with E-state index < -0.39 is 0 Å². The van der Waals surface area contributed by atoms with Gasteiger partial charge >= 0.3 is 0 Å². The van der Waals surface area contributed by atoms with Gasteiger partial charge in [0.1, 0.15) is 5.82 Å². The van der Waals surface area contributed by atoms with Crippen LogP contribution >= 0.6 is 0 Å². The monoisotopic (exact) mass is 322 g/mol. The Morgan fingerprint density at radius 3 is 2.71 bits per heavy atom. The molecule has 0 spiro atoms. The number of fused-ring (bicyclic) bond motifs is 1. The zero-order valence-corrected chi connectivity index (χ0v) is 13.9. The Labute approximate surface area is 141 Å². The maximum Gasteiger partial charge on any atom is 0.125 e. The molecule has 1 fully saturated rings. The first-order valence-electron chi connectivity index (χ1n) is 8.46. The number of hydrogen-bond donors (Lipinski definition) is 1. The Kier molecular flexibility index (Phi) is 3.94. The van der Waals surface area contributed by atoms with E-state index in [0.29, 0.717) is 18.0 Å². The first-order chi connectivity index (χ1) is 11.8. The average Bonchev–Trinajstić information content (AvgIpc) is 3.01. The van der Waals surface area contributed by atoms with Crippen LogP contribution in [-0.4, -0.2) is 27.7 Å². The molecule has 5 nitrogen and oxygen atoms in total. The highest BCUT2D eigenvalue weighted by atomic mass is 16.5. The van der Waals surface area contributed by atoms with E-state index in [0.717, 1.165) is 42.1 Å². The molecule has 0 atom stereocenters. The van der Waals surface area contributed by atoms with Gasteiger partial charge in [0.2, 0.25) is 0 Å². The molecule has 1 saturated carbocycles. The molecule has 0 saturated heterocycles. The summed E-state index contributed by atoms with van der Waals surface area (Å²) in [4.78, 5) is 8.54. The van der Waals surface area contributed by atoms with Crippen molar-refractivity contribution in [1.29, 1.82) is 0 Å². The summed E-state index contributed by atoms with van der Waals surface area (Å²) in [6.07, 6.45) is 10.4. The van der Waals surface area contributed by atoms with Crippen LogP contribution in [-0.2, 0) is 4.74 Å². The van der Waals surface area contributed by atoms with Gasteiger partial charge in [-0.25, -0.2) is 4.98 Å². The van der Waals surface area contributed by atoms with Gasteiger partial charge < -0.3 is 15.0 Å². The van der Waals surface area contributed by atoms with Crippen LogP contribution in [0, 0.1) is 0 Å². The fraction of sp³-hybridized carbons (Fsp3) is 0.368. The number of rotatable bonds is 3. The molecule has 3 aromatic heterocycles. The zero-order valence-electron chi connectivity index (χ0n) is 13.9. The van der Waals surface area contributed by atoms with Crippen molar-refractivity contribution in [3.63, 3.8) is 0 Å². The number of nitrogens with zero attached hydrogens (tertiary/aromatic N) is 3. The quantitative estimate of drug-likeness (QED) is 0.796. The smallest absolute Gasteiger partial charge is 0.125 e. The third-order valence-electron chi connectivity index (χ3n) is 5.04. The molecule has 0 radical (unpaired) electrons. The van der Waals surface area contributed by atoms with Crippen molar-refractivity contribution < 1.29 is 4.74 Å². The molecule has 0 bridgehead atoms. The number of aromatic nitrogens is 3. The molecule has 3 heterocycles. The highest BCUT2D eigenvalue weighted by molar-refractivity contribution is 5.88. The van der Waals surface area contributed by atoms with Gasteiger partial charge in [-0.15, -0.1) is 0 Å². The zero-order chi connectivity index (χ0) is 16.5. The second-order valence-corrected chi connectivity index (χ2v) is 6.48. The van der Waals surface area contributed by atoms with Crippen LogP contribution in [0.4, 0.5) is 5.82 Å². The average molecular weight is 322 g/mol. The minimum absolute atomic E-state index is 0.386. The molecule has 0 aliphatic heterocycles. The van der Waals surface area contributed by atoms with Crippen LogP contribution in [0.1, 0.15) is 31.7 Å². The Balaban J connectivity index is 1.83. The summed E-state index contributed by atoms with van der Waals surface area (Å²) in [6.45, 7) is 0. The first kappa shape index (κ1) is 15.1. The SMILES string of the molecule is COC1CCC(n2c(-c3cccnc3)cc3cnc(N)cc32)CC1. The molecular weight excluding hydrogens is 300 g/mol. The minimum atomic E-state index is 0.386. The second-order valence-electron chi connectivity index (χ2n) is 6.48. The highest BCUT2D eigenvalue weighted by Crippen LogP contribution is 2.38. The summed E-state index contributed by atoms with van der Waals surface area (Å²) in [5.41, 5.74) is 9.42. The summed E-state index contributed by atoms with van der Waals surface area (Å²) < 4.78 is 7.96. The molecule has 5 heteroatoms. The van der Waals surface area contributed by atoms with E-state index in [1.807, 2.05) is 31.6 Å². The van der Waals surface area contributed by atoms with Gasteiger partial charge in [0.25, 0.3) is 0 Å². The lowest BCUT2D eigenvalue weighted by molar-refractivity contribution is 0.0592. The normalized spacial score (nSPS) is 21.2. The van der Waals surface area contributed by atoms with Gasteiger partial charge in [-0.2, -0.15) is 0 Å². The van der Waals surface area contributed by atoms with Gasteiger partial charge in [-0.1, -0.05) is 0 Å². The number of nitrogens with two attached hydrogens (primary N) is 1. The van der Waals surface area contributed by atoms with Crippen LogP contribution in [0.15, 0.2) is 42.9 Å². The molecule has 24 heavy (non-hydrogen) atoms. The molecule has 1 aliphatic rings. The number of nitrogen functional groups attached to an aromatic ring is 1. The maximum atomic E-state index is 5.96. The van der Waals surface area contributed by atoms with E-state index in [1.165, 1.54) is 5.69 Å². The topological polar surface area (TPSA) is 66.0 Å². The second kappa shape index (κ2) is 6.24. The first-order valence-corrected chi connectivity index (χ1v) is 8.46. The Morgan fingerprint density at radius 1 is 1.17 bits per heavy atom. The summed E-state index contributed by atoms with van der Waals surface area (Å²) in [6, 6.07) is 8.71. The van der Waals surface area contributed by atoms with Gasteiger partial charge in [0, 0.05) is 48.8 Å². The van der Waals surface area contributed by atoms with E-state index >= 15 is 0 Å². The molecule has 4 rings (SSSR count). The predicted molar refractivity (Wildman–Crippen MR) is 95.7 cm³/mol. The molecule has 0 amide bonds. The van der Waals surface area contributed by atoms with Crippen molar-refractivity contribution in [3.8, 4) is 11.3 Å². The third kappa shape index (κ3) is 2.65. The summed E-state index contributed by atoms with van der Waals surface area (Å²) in [7, 11) is 1.81. The van der Waals surface area contributed by atoms with Crippen molar-refractivity contribution in [2.45, 2.75) is 37.8 Å². The Morgan fingerprint density at radius 2 is 2.00 bits per heavy atom. The molecule has 1 aliphatic carbocycles. The number of anilines is 1. The van der Waals surface area contributed by atoms with Gasteiger partial charge in [-0.05, 0) is 43.9 Å². The minimum Gasteiger partial charge on any atom is -0.384 e. The van der Waals surface area contributed by atoms with Crippen molar-refractivity contribution >= 4 is 16.7 Å². The lowest BCUT2D eigenvalue weighted by Crippen LogP contribution is -2.23. The van der Waals surface area contributed by atoms with Crippen LogP contribution in [0.3, 0.4) is 0 Å². The third-order valence-corrected chi connectivity index (χ3v) is 5.04. The van der Waals surface area contributed by atoms with Crippen molar-refractivity contribution in [2.24, 2.45) is 0 Å². The Bertz CT molecular complexity index is 835. The molecule has 3 aromatic rings. The van der Waals surface area contributed by atoms with Crippen molar-refractivity contribution in [1.82, 2.24) is 14.5 Å².